The van der Waals surface area contributed by atoms with E-state index in [1.165, 1.54) is 31.3 Å². The zero-order valence-electron chi connectivity index (χ0n) is 10.0. The van der Waals surface area contributed by atoms with Crippen molar-refractivity contribution < 1.29 is 18.0 Å². The molecule has 0 aliphatic carbocycles. The minimum atomic E-state index is -0.805. The molecule has 0 radical (unpaired) electrons. The minimum Gasteiger partial charge on any atom is -0.311 e. The fourth-order valence-corrected chi connectivity index (χ4v) is 1.62. The number of carbonyl (C=O) groups excluding carboxylic acids is 1. The molecule has 2 nitrogen and oxygen atoms in total. The van der Waals surface area contributed by atoms with Crippen LogP contribution in [0.2, 0.25) is 0 Å². The Hall–Kier alpha value is -2.30. The quantitative estimate of drug-likeness (QED) is 0.815. The molecule has 5 heteroatoms. The van der Waals surface area contributed by atoms with Crippen molar-refractivity contribution in [2.45, 2.75) is 0 Å². The van der Waals surface area contributed by atoms with Crippen molar-refractivity contribution in [3.05, 3.63) is 65.5 Å². The largest absolute Gasteiger partial charge is 0.311 e. The fourth-order valence-electron chi connectivity index (χ4n) is 1.62. The van der Waals surface area contributed by atoms with Gasteiger partial charge < -0.3 is 4.90 Å². The number of carbonyl (C=O) groups is 1. The number of halogens is 3. The van der Waals surface area contributed by atoms with Crippen molar-refractivity contribution >= 4 is 11.6 Å². The molecule has 0 saturated heterocycles. The molecular weight excluding hydrogens is 255 g/mol. The third kappa shape index (κ3) is 2.76. The van der Waals surface area contributed by atoms with Crippen molar-refractivity contribution in [2.24, 2.45) is 0 Å². The smallest absolute Gasteiger partial charge is 0.261 e. The van der Waals surface area contributed by atoms with E-state index < -0.39 is 23.4 Å². The first kappa shape index (κ1) is 13.1. The average Bonchev–Trinajstić information content (AvgIpc) is 2.41. The van der Waals surface area contributed by atoms with E-state index in [-0.39, 0.29) is 5.56 Å². The van der Waals surface area contributed by atoms with Gasteiger partial charge >= 0.3 is 0 Å². The Balaban J connectivity index is 2.33. The van der Waals surface area contributed by atoms with Gasteiger partial charge in [0.2, 0.25) is 0 Å². The van der Waals surface area contributed by atoms with Gasteiger partial charge in [-0.25, -0.2) is 13.2 Å². The normalized spacial score (nSPS) is 10.3. The number of benzene rings is 2. The average molecular weight is 265 g/mol. The van der Waals surface area contributed by atoms with E-state index in [1.807, 2.05) is 0 Å². The number of rotatable bonds is 2. The fraction of sp³-hybridized carbons (Fsp3) is 0.0714. The molecule has 0 spiro atoms. The van der Waals surface area contributed by atoms with Gasteiger partial charge in [-0.05, 0) is 42.5 Å². The second-order valence-electron chi connectivity index (χ2n) is 3.96. The maximum atomic E-state index is 13.5. The number of hydrogen-bond donors (Lipinski definition) is 0. The van der Waals surface area contributed by atoms with Gasteiger partial charge in [0.1, 0.15) is 17.5 Å². The summed E-state index contributed by atoms with van der Waals surface area (Å²) >= 11 is 0. The first-order valence-corrected chi connectivity index (χ1v) is 5.47. The molecule has 2 aromatic rings. The topological polar surface area (TPSA) is 20.3 Å². The number of nitrogens with zero attached hydrogens (tertiary/aromatic N) is 1. The molecule has 1 amide bonds. The molecule has 2 rings (SSSR count). The second-order valence-corrected chi connectivity index (χ2v) is 3.96. The predicted octanol–water partition coefficient (Wildman–Crippen LogP) is 3.38. The van der Waals surface area contributed by atoms with Crippen molar-refractivity contribution in [3.8, 4) is 0 Å². The zero-order valence-corrected chi connectivity index (χ0v) is 10.0. The Kier molecular flexibility index (Phi) is 3.55. The van der Waals surface area contributed by atoms with Gasteiger partial charge in [-0.15, -0.1) is 0 Å². The van der Waals surface area contributed by atoms with Crippen molar-refractivity contribution in [3.63, 3.8) is 0 Å². The lowest BCUT2D eigenvalue weighted by Gasteiger charge is -2.17. The van der Waals surface area contributed by atoms with Crippen molar-refractivity contribution in [1.29, 1.82) is 0 Å². The van der Waals surface area contributed by atoms with Gasteiger partial charge in [0.25, 0.3) is 5.91 Å². The molecule has 98 valence electrons. The van der Waals surface area contributed by atoms with Crippen LogP contribution in [0.15, 0.2) is 42.5 Å². The number of hydrogen-bond acceptors (Lipinski definition) is 1. The van der Waals surface area contributed by atoms with Crippen molar-refractivity contribution in [2.75, 3.05) is 11.9 Å². The van der Waals surface area contributed by atoms with Gasteiger partial charge in [-0.1, -0.05) is 0 Å². The third-order valence-corrected chi connectivity index (χ3v) is 2.68. The number of anilines is 1. The lowest BCUT2D eigenvalue weighted by molar-refractivity contribution is 0.0988. The van der Waals surface area contributed by atoms with Crippen LogP contribution in [0.3, 0.4) is 0 Å². The summed E-state index contributed by atoms with van der Waals surface area (Å²) < 4.78 is 39.3. The summed E-state index contributed by atoms with van der Waals surface area (Å²) in [5.74, 6) is -2.65. The molecule has 0 bridgehead atoms. The Morgan fingerprint density at radius 3 is 2.16 bits per heavy atom. The first-order valence-electron chi connectivity index (χ1n) is 5.47. The molecule has 0 fully saturated rings. The summed E-state index contributed by atoms with van der Waals surface area (Å²) in [6.45, 7) is 0. The molecule has 0 aliphatic heterocycles. The maximum absolute atomic E-state index is 13.5. The van der Waals surface area contributed by atoms with Crippen LogP contribution in [0.25, 0.3) is 0 Å². The summed E-state index contributed by atoms with van der Waals surface area (Å²) in [6.07, 6.45) is 0. The van der Waals surface area contributed by atoms with E-state index in [1.54, 1.807) is 0 Å². The molecule has 0 aromatic heterocycles. The van der Waals surface area contributed by atoms with Crippen LogP contribution < -0.4 is 4.90 Å². The molecule has 0 aliphatic rings. The van der Waals surface area contributed by atoms with Crippen LogP contribution >= 0.6 is 0 Å². The van der Waals surface area contributed by atoms with E-state index in [2.05, 4.69) is 0 Å². The minimum absolute atomic E-state index is 0.369. The van der Waals surface area contributed by atoms with Gasteiger partial charge in [0.15, 0.2) is 0 Å². The number of amides is 1. The molecule has 0 atom stereocenters. The summed E-state index contributed by atoms with van der Waals surface area (Å²) in [5.41, 5.74) is 0.0156. The Labute approximate surface area is 108 Å². The highest BCUT2D eigenvalue weighted by molar-refractivity contribution is 6.05. The third-order valence-electron chi connectivity index (χ3n) is 2.68. The lowest BCUT2D eigenvalue weighted by atomic mass is 10.1. The highest BCUT2D eigenvalue weighted by Crippen LogP contribution is 2.18. The summed E-state index contributed by atoms with van der Waals surface area (Å²) in [7, 11) is 1.40. The Morgan fingerprint density at radius 2 is 1.53 bits per heavy atom. The van der Waals surface area contributed by atoms with Gasteiger partial charge in [-0.3, -0.25) is 4.79 Å². The maximum Gasteiger partial charge on any atom is 0.261 e. The SMILES string of the molecule is CN(C(=O)c1cc(F)ccc1F)c1ccc(F)cc1. The molecular formula is C14H10F3NO. The lowest BCUT2D eigenvalue weighted by Crippen LogP contribution is -2.27. The first-order chi connectivity index (χ1) is 8.99. The Bertz CT molecular complexity index is 611. The van der Waals surface area contributed by atoms with Crippen LogP contribution in [-0.4, -0.2) is 13.0 Å². The highest BCUT2D eigenvalue weighted by atomic mass is 19.1. The van der Waals surface area contributed by atoms with E-state index in [0.29, 0.717) is 5.69 Å². The molecule has 19 heavy (non-hydrogen) atoms. The van der Waals surface area contributed by atoms with Crippen LogP contribution in [0.5, 0.6) is 0 Å². The van der Waals surface area contributed by atoms with Crippen LogP contribution in [0.4, 0.5) is 18.9 Å². The second kappa shape index (κ2) is 5.14. The standard InChI is InChI=1S/C14H10F3NO/c1-18(11-5-2-9(15)3-6-11)14(19)12-8-10(16)4-7-13(12)17/h2-8H,1H3. The predicted molar refractivity (Wildman–Crippen MR) is 65.5 cm³/mol. The molecule has 0 saturated carbocycles. The molecule has 0 N–H and O–H groups in total. The molecule has 0 heterocycles. The van der Waals surface area contributed by atoms with Crippen LogP contribution in [-0.2, 0) is 0 Å². The van der Waals surface area contributed by atoms with Gasteiger partial charge in [0.05, 0.1) is 5.56 Å². The van der Waals surface area contributed by atoms with E-state index in [4.69, 9.17) is 0 Å². The van der Waals surface area contributed by atoms with Crippen molar-refractivity contribution in [1.82, 2.24) is 0 Å². The Morgan fingerprint density at radius 1 is 0.947 bits per heavy atom. The summed E-state index contributed by atoms with van der Waals surface area (Å²) in [4.78, 5) is 13.2. The summed E-state index contributed by atoms with van der Waals surface area (Å²) in [5, 5.41) is 0. The zero-order chi connectivity index (χ0) is 14.0. The van der Waals surface area contributed by atoms with E-state index in [0.717, 1.165) is 23.1 Å². The van der Waals surface area contributed by atoms with Crippen LogP contribution in [0, 0.1) is 17.5 Å². The van der Waals surface area contributed by atoms with Gasteiger partial charge in [0, 0.05) is 12.7 Å². The molecule has 0 unspecified atom stereocenters. The van der Waals surface area contributed by atoms with E-state index >= 15 is 0 Å². The summed E-state index contributed by atoms with van der Waals surface area (Å²) in [6, 6.07) is 7.78. The molecule has 2 aromatic carbocycles. The van der Waals surface area contributed by atoms with E-state index in [9.17, 15) is 18.0 Å². The highest BCUT2D eigenvalue weighted by Gasteiger charge is 2.18. The monoisotopic (exact) mass is 265 g/mol. The van der Waals surface area contributed by atoms with Gasteiger partial charge in [-0.2, -0.15) is 0 Å². The van der Waals surface area contributed by atoms with Crippen LogP contribution in [0.1, 0.15) is 10.4 Å².